The van der Waals surface area contributed by atoms with E-state index in [1.54, 1.807) is 18.2 Å². The highest BCUT2D eigenvalue weighted by Gasteiger charge is 2.10. The molecule has 5 nitrogen and oxygen atoms in total. The van der Waals surface area contributed by atoms with Gasteiger partial charge in [-0.3, -0.25) is 9.59 Å². The molecule has 124 valence electrons. The Morgan fingerprint density at radius 2 is 1.95 bits per heavy atom. The second kappa shape index (κ2) is 10.2. The number of nitrogens with two attached hydrogens (primary N) is 1. The number of nitrogens with one attached hydrogen (secondary N) is 2. The number of rotatable bonds is 7. The van der Waals surface area contributed by atoms with Gasteiger partial charge in [0.05, 0.1) is 0 Å². The third-order valence-corrected chi connectivity index (χ3v) is 3.02. The highest BCUT2D eigenvalue weighted by atomic mass is 35.5. The van der Waals surface area contributed by atoms with Crippen molar-refractivity contribution in [1.82, 2.24) is 5.32 Å². The molecule has 22 heavy (non-hydrogen) atoms. The van der Waals surface area contributed by atoms with E-state index in [1.807, 2.05) is 20.8 Å². The summed E-state index contributed by atoms with van der Waals surface area (Å²) in [5, 5.41) is 5.68. The number of hydrogen-bond acceptors (Lipinski definition) is 3. The zero-order chi connectivity index (χ0) is 15.8. The minimum atomic E-state index is -0.119. The molecule has 0 spiro atoms. The Balaban J connectivity index is 0.00000441. The number of carbonyl (C=O) groups is 2. The molecule has 0 atom stereocenters. The molecule has 4 N–H and O–H groups in total. The van der Waals surface area contributed by atoms with Crippen LogP contribution in [0.25, 0.3) is 0 Å². The van der Waals surface area contributed by atoms with Crippen LogP contribution >= 0.6 is 12.4 Å². The van der Waals surface area contributed by atoms with Crippen LogP contribution in [0.1, 0.15) is 42.6 Å². The normalized spacial score (nSPS) is 10.0. The van der Waals surface area contributed by atoms with Crippen molar-refractivity contribution in [2.24, 2.45) is 11.7 Å². The summed E-state index contributed by atoms with van der Waals surface area (Å²) in [7, 11) is 0. The number of benzene rings is 1. The number of aryl methyl sites for hydroxylation is 1. The van der Waals surface area contributed by atoms with Crippen LogP contribution in [0.15, 0.2) is 18.2 Å². The summed E-state index contributed by atoms with van der Waals surface area (Å²) >= 11 is 0. The lowest BCUT2D eigenvalue weighted by atomic mass is 10.1. The van der Waals surface area contributed by atoms with Crippen molar-refractivity contribution in [1.29, 1.82) is 0 Å². The highest BCUT2D eigenvalue weighted by molar-refractivity contribution is 5.96. The van der Waals surface area contributed by atoms with Crippen molar-refractivity contribution in [3.05, 3.63) is 29.3 Å². The van der Waals surface area contributed by atoms with Gasteiger partial charge in [0.2, 0.25) is 5.91 Å². The summed E-state index contributed by atoms with van der Waals surface area (Å²) in [5.74, 6) is 0.192. The van der Waals surface area contributed by atoms with Crippen LogP contribution in [-0.2, 0) is 4.79 Å². The van der Waals surface area contributed by atoms with Crippen LogP contribution < -0.4 is 16.4 Å². The number of carbonyl (C=O) groups excluding carboxylic acids is 2. The summed E-state index contributed by atoms with van der Waals surface area (Å²) < 4.78 is 0. The molecule has 0 saturated heterocycles. The Morgan fingerprint density at radius 1 is 1.27 bits per heavy atom. The molecule has 0 heterocycles. The maximum absolute atomic E-state index is 11.9. The quantitative estimate of drug-likeness (QED) is 0.673. The van der Waals surface area contributed by atoms with E-state index in [1.165, 1.54) is 0 Å². The molecular weight excluding hydrogens is 302 g/mol. The summed E-state index contributed by atoms with van der Waals surface area (Å²) in [6.07, 6.45) is 1.24. The Hall–Kier alpha value is -1.59. The van der Waals surface area contributed by atoms with Gasteiger partial charge in [-0.05, 0) is 49.6 Å². The number of hydrogen-bond donors (Lipinski definition) is 3. The summed E-state index contributed by atoms with van der Waals surface area (Å²) in [5.41, 5.74) is 7.60. The average Bonchev–Trinajstić information content (AvgIpc) is 2.40. The molecule has 0 radical (unpaired) electrons. The second-order valence-electron chi connectivity index (χ2n) is 5.57. The Kier molecular flexibility index (Phi) is 9.45. The van der Waals surface area contributed by atoms with Gasteiger partial charge < -0.3 is 16.4 Å². The summed E-state index contributed by atoms with van der Waals surface area (Å²) in [6.45, 7) is 7.01. The van der Waals surface area contributed by atoms with Gasteiger partial charge in [0, 0.05) is 24.2 Å². The van der Waals surface area contributed by atoms with Crippen molar-refractivity contribution in [2.75, 3.05) is 18.4 Å². The molecule has 0 aromatic heterocycles. The lowest BCUT2D eigenvalue weighted by Crippen LogP contribution is -2.26. The molecule has 0 aliphatic carbocycles. The van der Waals surface area contributed by atoms with Gasteiger partial charge in [0.25, 0.3) is 5.91 Å². The monoisotopic (exact) mass is 327 g/mol. The van der Waals surface area contributed by atoms with E-state index >= 15 is 0 Å². The minimum Gasteiger partial charge on any atom is -0.352 e. The molecule has 0 aliphatic rings. The van der Waals surface area contributed by atoms with Crippen molar-refractivity contribution in [2.45, 2.75) is 33.6 Å². The second-order valence-corrected chi connectivity index (χ2v) is 5.57. The Morgan fingerprint density at radius 3 is 2.50 bits per heavy atom. The first-order chi connectivity index (χ1) is 9.93. The Bertz CT molecular complexity index is 504. The molecular formula is C16H26ClN3O2. The van der Waals surface area contributed by atoms with Crippen molar-refractivity contribution < 1.29 is 9.59 Å². The van der Waals surface area contributed by atoms with Crippen LogP contribution in [0.5, 0.6) is 0 Å². The van der Waals surface area contributed by atoms with Crippen LogP contribution in [-0.4, -0.2) is 24.9 Å². The molecule has 0 saturated carbocycles. The first-order valence-electron chi connectivity index (χ1n) is 7.32. The number of halogens is 1. The summed E-state index contributed by atoms with van der Waals surface area (Å²) in [6, 6.07) is 5.27. The van der Waals surface area contributed by atoms with Crippen molar-refractivity contribution >= 4 is 29.9 Å². The maximum Gasteiger partial charge on any atom is 0.251 e. The fourth-order valence-corrected chi connectivity index (χ4v) is 1.92. The molecule has 1 aromatic carbocycles. The molecule has 0 aliphatic heterocycles. The zero-order valence-electron chi connectivity index (χ0n) is 13.4. The van der Waals surface area contributed by atoms with Gasteiger partial charge in [-0.15, -0.1) is 12.4 Å². The van der Waals surface area contributed by atoms with Crippen molar-refractivity contribution in [3.63, 3.8) is 0 Å². The van der Waals surface area contributed by atoms with E-state index < -0.39 is 0 Å². The molecule has 0 fully saturated rings. The molecule has 2 amide bonds. The van der Waals surface area contributed by atoms with E-state index in [-0.39, 0.29) is 24.2 Å². The number of anilines is 1. The molecule has 1 aromatic rings. The predicted molar refractivity (Wildman–Crippen MR) is 92.5 cm³/mol. The lowest BCUT2D eigenvalue weighted by Gasteiger charge is -2.11. The van der Waals surface area contributed by atoms with Crippen LogP contribution in [0, 0.1) is 12.8 Å². The third kappa shape index (κ3) is 6.91. The largest absolute Gasteiger partial charge is 0.352 e. The van der Waals surface area contributed by atoms with Gasteiger partial charge >= 0.3 is 0 Å². The maximum atomic E-state index is 11.9. The van der Waals surface area contributed by atoms with E-state index in [4.69, 9.17) is 5.73 Å². The van der Waals surface area contributed by atoms with Gasteiger partial charge in [0.15, 0.2) is 0 Å². The van der Waals surface area contributed by atoms with E-state index in [2.05, 4.69) is 10.6 Å². The summed E-state index contributed by atoms with van der Waals surface area (Å²) in [4.78, 5) is 23.7. The lowest BCUT2D eigenvalue weighted by molar-refractivity contribution is -0.116. The molecule has 0 unspecified atom stereocenters. The standard InChI is InChI=1S/C16H25N3O2.ClH/c1-11(2)9-15(20)19-14-6-5-13(10-12(14)3)16(21)18-8-4-7-17;/h5-6,10-11H,4,7-9,17H2,1-3H3,(H,18,21)(H,19,20);1H. The van der Waals surface area contributed by atoms with E-state index in [0.717, 1.165) is 17.7 Å². The van der Waals surface area contributed by atoms with Crippen molar-refractivity contribution in [3.8, 4) is 0 Å². The Labute approximate surface area is 138 Å². The van der Waals surface area contributed by atoms with Gasteiger partial charge in [0.1, 0.15) is 0 Å². The smallest absolute Gasteiger partial charge is 0.251 e. The first-order valence-corrected chi connectivity index (χ1v) is 7.32. The minimum absolute atomic E-state index is 0. The molecule has 6 heteroatoms. The van der Waals surface area contributed by atoms with Crippen LogP contribution in [0.3, 0.4) is 0 Å². The van der Waals surface area contributed by atoms with Crippen LogP contribution in [0.2, 0.25) is 0 Å². The average molecular weight is 328 g/mol. The van der Waals surface area contributed by atoms with E-state index in [0.29, 0.717) is 31.0 Å². The van der Waals surface area contributed by atoms with E-state index in [9.17, 15) is 9.59 Å². The fraction of sp³-hybridized carbons (Fsp3) is 0.500. The van der Waals surface area contributed by atoms with Gasteiger partial charge in [-0.1, -0.05) is 13.8 Å². The fourth-order valence-electron chi connectivity index (χ4n) is 1.92. The predicted octanol–water partition coefficient (Wildman–Crippen LogP) is 2.48. The topological polar surface area (TPSA) is 84.2 Å². The first kappa shape index (κ1) is 20.4. The highest BCUT2D eigenvalue weighted by Crippen LogP contribution is 2.17. The van der Waals surface area contributed by atoms with Gasteiger partial charge in [-0.2, -0.15) is 0 Å². The zero-order valence-corrected chi connectivity index (χ0v) is 14.3. The molecule has 1 rings (SSSR count). The van der Waals surface area contributed by atoms with Gasteiger partial charge in [-0.25, -0.2) is 0 Å². The SMILES string of the molecule is Cc1cc(C(=O)NCCCN)ccc1NC(=O)CC(C)C.Cl. The molecule has 0 bridgehead atoms. The number of amides is 2. The van der Waals surface area contributed by atoms with Crippen LogP contribution in [0.4, 0.5) is 5.69 Å². The third-order valence-electron chi connectivity index (χ3n) is 3.02.